The van der Waals surface area contributed by atoms with Crippen molar-refractivity contribution < 1.29 is 23.9 Å². The Morgan fingerprint density at radius 1 is 1.32 bits per heavy atom. The Morgan fingerprint density at radius 3 is 2.71 bits per heavy atom. The molecule has 0 spiro atoms. The number of oxime groups is 1. The van der Waals surface area contributed by atoms with Gasteiger partial charge in [-0.25, -0.2) is 4.79 Å². The first kappa shape index (κ1) is 21.4. The molecule has 2 rings (SSSR count). The van der Waals surface area contributed by atoms with Gasteiger partial charge in [0.05, 0.1) is 24.0 Å². The third kappa shape index (κ3) is 5.31. The zero-order valence-electron chi connectivity index (χ0n) is 16.9. The largest absolute Gasteiger partial charge is 0.497 e. The predicted molar refractivity (Wildman–Crippen MR) is 107 cm³/mol. The van der Waals surface area contributed by atoms with Gasteiger partial charge in [0.15, 0.2) is 5.78 Å². The number of ether oxygens (including phenoxy) is 2. The van der Waals surface area contributed by atoms with Gasteiger partial charge in [0.1, 0.15) is 18.1 Å². The van der Waals surface area contributed by atoms with E-state index in [0.717, 1.165) is 0 Å². The van der Waals surface area contributed by atoms with Crippen LogP contribution in [-0.2, 0) is 14.4 Å². The number of ketones is 1. The summed E-state index contributed by atoms with van der Waals surface area (Å²) in [6.45, 7) is 9.62. The van der Waals surface area contributed by atoms with E-state index in [1.807, 2.05) is 20.8 Å². The van der Waals surface area contributed by atoms with Gasteiger partial charge < -0.3 is 14.3 Å². The van der Waals surface area contributed by atoms with Crippen LogP contribution in [0.1, 0.15) is 50.4 Å². The topological polar surface area (TPSA) is 74.2 Å². The number of carbonyl (C=O) groups is 2. The molecule has 0 N–H and O–H groups in total. The van der Waals surface area contributed by atoms with Crippen LogP contribution in [-0.4, -0.2) is 31.2 Å². The number of allylic oxidation sites excluding steroid dienone is 2. The number of nitrogens with zero attached hydrogens (tertiary/aromatic N) is 1. The van der Waals surface area contributed by atoms with E-state index in [-0.39, 0.29) is 17.8 Å². The summed E-state index contributed by atoms with van der Waals surface area (Å²) in [7, 11) is 1.53. The normalized spacial score (nSPS) is 16.6. The quantitative estimate of drug-likeness (QED) is 0.217. The van der Waals surface area contributed by atoms with Gasteiger partial charge in [0.25, 0.3) is 0 Å². The zero-order chi connectivity index (χ0) is 20.7. The number of rotatable bonds is 8. The molecule has 1 aliphatic carbocycles. The number of Topliss-reactive ketones (excluding diaryl/α,β-unsaturated/α-hetero) is 1. The Kier molecular flexibility index (Phi) is 7.15. The smallest absolute Gasteiger partial charge is 0.343 e. The molecule has 1 aromatic carbocycles. The summed E-state index contributed by atoms with van der Waals surface area (Å²) in [4.78, 5) is 30.7. The lowest BCUT2D eigenvalue weighted by Gasteiger charge is -2.31. The lowest BCUT2D eigenvalue weighted by molar-refractivity contribution is -0.118. The van der Waals surface area contributed by atoms with Gasteiger partial charge in [-0.2, -0.15) is 0 Å². The standard InChI is InChI=1S/C22H27NO5/c1-6-11-27-23-17(7-2)20-18(24)13-22(3,4)14-19(20)28-21(25)15-9-8-10-16(12-15)26-5/h6,8-10,12H,1,7,11,13-14H2,2-5H3. The van der Waals surface area contributed by atoms with Gasteiger partial charge in [0, 0.05) is 12.8 Å². The van der Waals surface area contributed by atoms with Crippen LogP contribution in [0.15, 0.2) is 53.4 Å². The van der Waals surface area contributed by atoms with Crippen molar-refractivity contribution >= 4 is 17.5 Å². The van der Waals surface area contributed by atoms with Crippen LogP contribution in [0.5, 0.6) is 5.75 Å². The second-order valence-corrected chi connectivity index (χ2v) is 7.34. The van der Waals surface area contributed by atoms with Crippen molar-refractivity contribution in [1.82, 2.24) is 0 Å². The van der Waals surface area contributed by atoms with Crippen LogP contribution in [0.3, 0.4) is 0 Å². The first-order valence-corrected chi connectivity index (χ1v) is 9.24. The molecule has 6 heteroatoms. The summed E-state index contributed by atoms with van der Waals surface area (Å²) in [5.74, 6) is 0.237. The highest BCUT2D eigenvalue weighted by Crippen LogP contribution is 2.38. The molecule has 0 radical (unpaired) electrons. The van der Waals surface area contributed by atoms with Gasteiger partial charge in [-0.05, 0) is 30.0 Å². The van der Waals surface area contributed by atoms with Crippen LogP contribution in [0, 0.1) is 5.41 Å². The van der Waals surface area contributed by atoms with E-state index >= 15 is 0 Å². The fraction of sp³-hybridized carbons (Fsp3) is 0.409. The van der Waals surface area contributed by atoms with Crippen LogP contribution in [0.4, 0.5) is 0 Å². The van der Waals surface area contributed by atoms with E-state index < -0.39 is 5.97 Å². The minimum Gasteiger partial charge on any atom is -0.497 e. The SMILES string of the molecule is C=CCON=C(CC)C1=C(OC(=O)c2cccc(OC)c2)CC(C)(C)CC1=O. The van der Waals surface area contributed by atoms with Crippen LogP contribution in [0.2, 0.25) is 0 Å². The summed E-state index contributed by atoms with van der Waals surface area (Å²) < 4.78 is 10.9. The average molecular weight is 385 g/mol. The monoisotopic (exact) mass is 385 g/mol. The average Bonchev–Trinajstić information content (AvgIpc) is 2.65. The molecule has 0 saturated carbocycles. The number of benzene rings is 1. The lowest BCUT2D eigenvalue weighted by Crippen LogP contribution is -2.31. The van der Waals surface area contributed by atoms with Crippen molar-refractivity contribution in [3.63, 3.8) is 0 Å². The number of esters is 1. The molecule has 0 bridgehead atoms. The molecule has 6 nitrogen and oxygen atoms in total. The van der Waals surface area contributed by atoms with Crippen LogP contribution >= 0.6 is 0 Å². The number of carbonyl (C=O) groups excluding carboxylic acids is 2. The van der Waals surface area contributed by atoms with Crippen molar-refractivity contribution in [2.75, 3.05) is 13.7 Å². The highest BCUT2D eigenvalue weighted by molar-refractivity contribution is 6.23. The van der Waals surface area contributed by atoms with Crippen LogP contribution < -0.4 is 4.74 Å². The molecular weight excluding hydrogens is 358 g/mol. The lowest BCUT2D eigenvalue weighted by atomic mass is 9.75. The Labute approximate surface area is 165 Å². The highest BCUT2D eigenvalue weighted by Gasteiger charge is 2.37. The second kappa shape index (κ2) is 9.35. The fourth-order valence-corrected chi connectivity index (χ4v) is 3.05. The van der Waals surface area contributed by atoms with Crippen LogP contribution in [0.25, 0.3) is 0 Å². The van der Waals surface area contributed by atoms with E-state index in [9.17, 15) is 9.59 Å². The van der Waals surface area contributed by atoms with E-state index in [2.05, 4.69) is 11.7 Å². The van der Waals surface area contributed by atoms with E-state index in [0.29, 0.717) is 47.6 Å². The molecule has 0 fully saturated rings. The molecule has 0 amide bonds. The minimum atomic E-state index is -0.542. The molecule has 1 aromatic rings. The maximum absolute atomic E-state index is 12.8. The van der Waals surface area contributed by atoms with Crippen molar-refractivity contribution in [2.45, 2.75) is 40.0 Å². The van der Waals surface area contributed by atoms with E-state index in [1.165, 1.54) is 7.11 Å². The second-order valence-electron chi connectivity index (χ2n) is 7.34. The molecule has 1 aliphatic rings. The third-order valence-electron chi connectivity index (χ3n) is 4.35. The van der Waals surface area contributed by atoms with Gasteiger partial charge in [-0.15, -0.1) is 0 Å². The van der Waals surface area contributed by atoms with Crippen molar-refractivity contribution in [2.24, 2.45) is 10.6 Å². The molecule has 0 aliphatic heterocycles. The maximum atomic E-state index is 12.8. The van der Waals surface area contributed by atoms with E-state index in [4.69, 9.17) is 14.3 Å². The first-order chi connectivity index (χ1) is 13.3. The Balaban J connectivity index is 2.42. The molecule has 0 heterocycles. The minimum absolute atomic E-state index is 0.104. The summed E-state index contributed by atoms with van der Waals surface area (Å²) in [6, 6.07) is 6.69. The van der Waals surface area contributed by atoms with Gasteiger partial charge in [-0.3, -0.25) is 4.79 Å². The summed E-state index contributed by atoms with van der Waals surface area (Å²) in [5, 5.41) is 4.07. The number of methoxy groups -OCH3 is 1. The third-order valence-corrected chi connectivity index (χ3v) is 4.35. The predicted octanol–water partition coefficient (Wildman–Crippen LogP) is 4.46. The zero-order valence-corrected chi connectivity index (χ0v) is 16.9. The van der Waals surface area contributed by atoms with E-state index in [1.54, 1.807) is 30.3 Å². The molecule has 0 saturated heterocycles. The molecule has 0 unspecified atom stereocenters. The maximum Gasteiger partial charge on any atom is 0.343 e. The summed E-state index contributed by atoms with van der Waals surface area (Å²) in [6.07, 6.45) is 2.84. The Morgan fingerprint density at radius 2 is 2.07 bits per heavy atom. The highest BCUT2D eigenvalue weighted by atomic mass is 16.6. The molecular formula is C22H27NO5. The summed E-state index contributed by atoms with van der Waals surface area (Å²) >= 11 is 0. The number of hydrogen-bond acceptors (Lipinski definition) is 6. The first-order valence-electron chi connectivity index (χ1n) is 9.24. The fourth-order valence-electron chi connectivity index (χ4n) is 3.05. The number of hydrogen-bond donors (Lipinski definition) is 0. The van der Waals surface area contributed by atoms with Crippen molar-refractivity contribution in [1.29, 1.82) is 0 Å². The molecule has 0 atom stereocenters. The van der Waals surface area contributed by atoms with Crippen molar-refractivity contribution in [3.05, 3.63) is 53.8 Å². The van der Waals surface area contributed by atoms with Crippen molar-refractivity contribution in [3.8, 4) is 5.75 Å². The molecule has 0 aromatic heterocycles. The Hall–Kier alpha value is -2.89. The van der Waals surface area contributed by atoms with Gasteiger partial charge >= 0.3 is 5.97 Å². The molecule has 150 valence electrons. The van der Waals surface area contributed by atoms with Gasteiger partial charge in [0.2, 0.25) is 0 Å². The van der Waals surface area contributed by atoms with Gasteiger partial charge in [-0.1, -0.05) is 44.6 Å². The summed E-state index contributed by atoms with van der Waals surface area (Å²) in [5.41, 5.74) is 0.837. The Bertz CT molecular complexity index is 820. The molecule has 28 heavy (non-hydrogen) atoms.